The van der Waals surface area contributed by atoms with Crippen LogP contribution in [0.5, 0.6) is 0 Å². The summed E-state index contributed by atoms with van der Waals surface area (Å²) in [5, 5.41) is 11.4. The van der Waals surface area contributed by atoms with Gasteiger partial charge in [-0.1, -0.05) is 11.8 Å². The zero-order valence-electron chi connectivity index (χ0n) is 9.35. The number of rotatable bonds is 7. The lowest BCUT2D eigenvalue weighted by Gasteiger charge is -2.16. The van der Waals surface area contributed by atoms with Crippen LogP contribution in [0, 0.1) is 11.8 Å². The highest BCUT2D eigenvalue weighted by Gasteiger charge is 2.40. The van der Waals surface area contributed by atoms with E-state index in [1.165, 1.54) is 25.7 Å². The molecule has 4 nitrogen and oxygen atoms in total. The molecule has 0 unspecified atom stereocenters. The maximum absolute atomic E-state index is 4.10. The fourth-order valence-corrected chi connectivity index (χ4v) is 2.92. The van der Waals surface area contributed by atoms with Crippen molar-refractivity contribution in [2.75, 3.05) is 12.3 Å². The van der Waals surface area contributed by atoms with Crippen LogP contribution in [0.15, 0.2) is 11.5 Å². The van der Waals surface area contributed by atoms with Crippen molar-refractivity contribution in [1.82, 2.24) is 20.5 Å². The van der Waals surface area contributed by atoms with Crippen LogP contribution in [-0.2, 0) is 0 Å². The standard InChI is InChI=1S/C11H18N4S/c1-2-8(1)10(9-3-4-9)12-5-6-16-11-13-7-14-15-11/h7-10,12H,1-6H2,(H,13,14,15). The van der Waals surface area contributed by atoms with E-state index in [-0.39, 0.29) is 0 Å². The molecular formula is C11H18N4S. The van der Waals surface area contributed by atoms with Gasteiger partial charge in [-0.3, -0.25) is 5.10 Å². The Morgan fingerprint density at radius 3 is 2.69 bits per heavy atom. The number of H-pyrrole nitrogens is 1. The summed E-state index contributed by atoms with van der Waals surface area (Å²) in [6, 6.07) is 0.815. The van der Waals surface area contributed by atoms with Crippen molar-refractivity contribution in [1.29, 1.82) is 0 Å². The summed E-state index contributed by atoms with van der Waals surface area (Å²) in [4.78, 5) is 4.10. The predicted octanol–water partition coefficient (Wildman–Crippen LogP) is 1.68. The maximum Gasteiger partial charge on any atom is 0.183 e. The molecule has 0 amide bonds. The van der Waals surface area contributed by atoms with Crippen LogP contribution in [0.25, 0.3) is 0 Å². The van der Waals surface area contributed by atoms with E-state index in [4.69, 9.17) is 0 Å². The Bertz CT molecular complexity index is 307. The van der Waals surface area contributed by atoms with Gasteiger partial charge in [0, 0.05) is 18.3 Å². The number of hydrogen-bond acceptors (Lipinski definition) is 4. The van der Waals surface area contributed by atoms with E-state index in [1.54, 1.807) is 18.1 Å². The molecule has 0 aliphatic heterocycles. The largest absolute Gasteiger partial charge is 0.313 e. The van der Waals surface area contributed by atoms with Crippen molar-refractivity contribution >= 4 is 11.8 Å². The minimum atomic E-state index is 0.815. The maximum atomic E-state index is 4.10. The third-order valence-electron chi connectivity index (χ3n) is 3.37. The molecule has 2 N–H and O–H groups in total. The Morgan fingerprint density at radius 1 is 1.38 bits per heavy atom. The molecule has 2 aliphatic rings. The van der Waals surface area contributed by atoms with Crippen LogP contribution < -0.4 is 5.32 Å². The first-order chi connectivity index (χ1) is 7.93. The number of hydrogen-bond donors (Lipinski definition) is 2. The number of aromatic nitrogens is 3. The van der Waals surface area contributed by atoms with E-state index in [9.17, 15) is 0 Å². The lowest BCUT2D eigenvalue weighted by molar-refractivity contribution is 0.429. The molecule has 16 heavy (non-hydrogen) atoms. The fraction of sp³-hybridized carbons (Fsp3) is 0.818. The van der Waals surface area contributed by atoms with Gasteiger partial charge in [0.25, 0.3) is 0 Å². The quantitative estimate of drug-likeness (QED) is 0.560. The summed E-state index contributed by atoms with van der Waals surface area (Å²) in [5.74, 6) is 3.05. The molecule has 0 bridgehead atoms. The van der Waals surface area contributed by atoms with Crippen molar-refractivity contribution in [2.45, 2.75) is 36.9 Å². The normalized spacial score (nSPS) is 20.6. The molecule has 2 aliphatic carbocycles. The molecule has 2 fully saturated rings. The molecule has 5 heteroatoms. The van der Waals surface area contributed by atoms with E-state index in [0.717, 1.165) is 35.3 Å². The Hall–Kier alpha value is -0.550. The Balaban J connectivity index is 1.35. The van der Waals surface area contributed by atoms with Crippen molar-refractivity contribution in [3.63, 3.8) is 0 Å². The first-order valence-electron chi connectivity index (χ1n) is 6.15. The van der Waals surface area contributed by atoms with Gasteiger partial charge in [-0.15, -0.1) is 0 Å². The van der Waals surface area contributed by atoms with Crippen molar-refractivity contribution in [2.24, 2.45) is 11.8 Å². The number of nitrogens with zero attached hydrogens (tertiary/aromatic N) is 2. The van der Waals surface area contributed by atoms with Crippen molar-refractivity contribution < 1.29 is 0 Å². The highest BCUT2D eigenvalue weighted by molar-refractivity contribution is 7.99. The fourth-order valence-electron chi connectivity index (χ4n) is 2.27. The zero-order valence-corrected chi connectivity index (χ0v) is 10.2. The van der Waals surface area contributed by atoms with Gasteiger partial charge >= 0.3 is 0 Å². The summed E-state index contributed by atoms with van der Waals surface area (Å²) in [6.07, 6.45) is 7.35. The van der Waals surface area contributed by atoms with Gasteiger partial charge in [0.15, 0.2) is 5.16 Å². The van der Waals surface area contributed by atoms with Crippen LogP contribution in [0.1, 0.15) is 25.7 Å². The van der Waals surface area contributed by atoms with Crippen LogP contribution >= 0.6 is 11.8 Å². The predicted molar refractivity (Wildman–Crippen MR) is 64.3 cm³/mol. The molecule has 0 saturated heterocycles. The average molecular weight is 238 g/mol. The molecule has 3 rings (SSSR count). The Labute approximate surface area is 100.0 Å². The van der Waals surface area contributed by atoms with Gasteiger partial charge in [0.2, 0.25) is 0 Å². The van der Waals surface area contributed by atoms with Gasteiger partial charge in [-0.05, 0) is 37.5 Å². The second-order valence-electron chi connectivity index (χ2n) is 4.79. The third-order valence-corrected chi connectivity index (χ3v) is 4.25. The molecule has 1 aromatic rings. The summed E-state index contributed by atoms with van der Waals surface area (Å²) in [6.45, 7) is 1.09. The highest BCUT2D eigenvalue weighted by atomic mass is 32.2. The van der Waals surface area contributed by atoms with Crippen LogP contribution in [0.3, 0.4) is 0 Å². The van der Waals surface area contributed by atoms with Gasteiger partial charge in [0.05, 0.1) is 0 Å². The number of aromatic amines is 1. The van der Waals surface area contributed by atoms with E-state index in [1.807, 2.05) is 0 Å². The first-order valence-corrected chi connectivity index (χ1v) is 7.13. The zero-order chi connectivity index (χ0) is 10.8. The molecule has 88 valence electrons. The summed E-state index contributed by atoms with van der Waals surface area (Å²) in [7, 11) is 0. The van der Waals surface area contributed by atoms with Crippen molar-refractivity contribution in [3.8, 4) is 0 Å². The number of thioether (sulfide) groups is 1. The topological polar surface area (TPSA) is 53.6 Å². The van der Waals surface area contributed by atoms with Crippen LogP contribution in [0.4, 0.5) is 0 Å². The molecule has 2 saturated carbocycles. The van der Waals surface area contributed by atoms with Crippen LogP contribution in [-0.4, -0.2) is 33.5 Å². The summed E-state index contributed by atoms with van der Waals surface area (Å²) >= 11 is 1.74. The Morgan fingerprint density at radius 2 is 2.12 bits per heavy atom. The van der Waals surface area contributed by atoms with E-state index < -0.39 is 0 Å². The molecular weight excluding hydrogens is 220 g/mol. The van der Waals surface area contributed by atoms with Gasteiger partial charge in [0.1, 0.15) is 6.33 Å². The number of nitrogens with one attached hydrogen (secondary N) is 2. The minimum Gasteiger partial charge on any atom is -0.313 e. The van der Waals surface area contributed by atoms with Crippen molar-refractivity contribution in [3.05, 3.63) is 6.33 Å². The Kier molecular flexibility index (Phi) is 3.15. The lowest BCUT2D eigenvalue weighted by Crippen LogP contribution is -2.34. The minimum absolute atomic E-state index is 0.815. The SMILES string of the molecule is c1n[nH]c(SCCNC(C2CC2)C2CC2)n1. The van der Waals surface area contributed by atoms with Gasteiger partial charge in [-0.2, -0.15) is 5.10 Å². The monoisotopic (exact) mass is 238 g/mol. The molecule has 0 aromatic carbocycles. The first kappa shape index (κ1) is 10.6. The van der Waals surface area contributed by atoms with Gasteiger partial charge < -0.3 is 5.32 Å². The summed E-state index contributed by atoms with van der Waals surface area (Å²) < 4.78 is 0. The smallest absolute Gasteiger partial charge is 0.183 e. The average Bonchev–Trinajstić information content (AvgIpc) is 3.20. The third kappa shape index (κ3) is 2.77. The second kappa shape index (κ2) is 4.75. The van der Waals surface area contributed by atoms with E-state index >= 15 is 0 Å². The lowest BCUT2D eigenvalue weighted by atomic mass is 10.1. The molecule has 1 aromatic heterocycles. The molecule has 0 radical (unpaired) electrons. The van der Waals surface area contributed by atoms with Crippen LogP contribution in [0.2, 0.25) is 0 Å². The highest BCUT2D eigenvalue weighted by Crippen LogP contribution is 2.44. The van der Waals surface area contributed by atoms with E-state index in [0.29, 0.717) is 0 Å². The molecule has 0 spiro atoms. The van der Waals surface area contributed by atoms with E-state index in [2.05, 4.69) is 20.5 Å². The molecule has 1 heterocycles. The van der Waals surface area contributed by atoms with Gasteiger partial charge in [-0.25, -0.2) is 4.98 Å². The second-order valence-corrected chi connectivity index (χ2v) is 5.88. The molecule has 0 atom stereocenters. The summed E-state index contributed by atoms with van der Waals surface area (Å²) in [5.41, 5.74) is 0.